The zero-order chi connectivity index (χ0) is 50.3. The van der Waals surface area contributed by atoms with E-state index < -0.39 is 108 Å². The molecule has 6 unspecified atom stereocenters. The van der Waals surface area contributed by atoms with E-state index in [4.69, 9.17) is 37.6 Å². The molecule has 8 N–H and O–H groups in total. The molecule has 1 aliphatic heterocycles. The van der Waals surface area contributed by atoms with Crippen molar-refractivity contribution in [3.05, 3.63) is 76.4 Å². The number of fused-ring (bicyclic) bond motifs is 1. The van der Waals surface area contributed by atoms with Gasteiger partial charge in [-0.15, -0.1) is 0 Å². The summed E-state index contributed by atoms with van der Waals surface area (Å²) in [6.07, 6.45) is -2.76. The summed E-state index contributed by atoms with van der Waals surface area (Å²) in [6, 6.07) is 11.5. The van der Waals surface area contributed by atoms with E-state index in [0.29, 0.717) is 22.7 Å². The van der Waals surface area contributed by atoms with Crippen LogP contribution in [-0.4, -0.2) is 135 Å². The number of rotatable bonds is 17. The fourth-order valence-corrected chi connectivity index (χ4v) is 8.73. The Kier molecular flexibility index (Phi) is 17.7. The Balaban J connectivity index is 0.000000254. The van der Waals surface area contributed by atoms with Gasteiger partial charge in [-0.1, -0.05) is 49.2 Å². The summed E-state index contributed by atoms with van der Waals surface area (Å²) in [5.41, 5.74) is -5.48. The predicted octanol–water partition coefficient (Wildman–Crippen LogP) is 3.31. The summed E-state index contributed by atoms with van der Waals surface area (Å²) in [5, 5.41) is 52.1. The monoisotopic (exact) mass is 1040 g/mol. The predicted molar refractivity (Wildman–Crippen MR) is 238 cm³/mol. The molecule has 2 amide bonds. The van der Waals surface area contributed by atoms with Gasteiger partial charge in [0, 0.05) is 27.7 Å². The number of aliphatic hydroxyl groups is 2. The summed E-state index contributed by atoms with van der Waals surface area (Å²) < 4.78 is 80.0. The van der Waals surface area contributed by atoms with Crippen LogP contribution in [0, 0.1) is 5.92 Å². The van der Waals surface area contributed by atoms with Crippen LogP contribution in [0.1, 0.15) is 49.9 Å². The minimum Gasteiger partial charge on any atom is -0.508 e. The van der Waals surface area contributed by atoms with Gasteiger partial charge in [0.1, 0.15) is 11.9 Å². The number of thioether (sulfide) groups is 1. The van der Waals surface area contributed by atoms with Gasteiger partial charge in [0.05, 0.1) is 66.9 Å². The van der Waals surface area contributed by atoms with Gasteiger partial charge < -0.3 is 45.7 Å². The van der Waals surface area contributed by atoms with E-state index in [0.717, 1.165) is 7.11 Å². The summed E-state index contributed by atoms with van der Waals surface area (Å²) in [7, 11) is -4.67. The number of nitrogens with one attached hydrogen (secondary N) is 4. The first-order chi connectivity index (χ1) is 31.8. The van der Waals surface area contributed by atoms with Gasteiger partial charge in [0.2, 0.25) is 5.91 Å². The number of hydrogen-bond donors (Lipinski definition) is 8. The lowest BCUT2D eigenvalue weighted by Crippen LogP contribution is -2.61. The van der Waals surface area contributed by atoms with E-state index in [1.807, 2.05) is 0 Å². The number of anilines is 1. The van der Waals surface area contributed by atoms with E-state index in [2.05, 4.69) is 34.9 Å². The van der Waals surface area contributed by atoms with Crippen molar-refractivity contribution < 1.29 is 79.5 Å². The number of nitrogens with zero attached hydrogens (tertiary/aromatic N) is 3. The Labute approximate surface area is 399 Å². The van der Waals surface area contributed by atoms with Crippen molar-refractivity contribution in [1.29, 1.82) is 0 Å². The molecule has 3 heterocycles. The van der Waals surface area contributed by atoms with Crippen LogP contribution in [0.3, 0.4) is 0 Å². The molecule has 21 nitrogen and oxygen atoms in total. The lowest BCUT2D eigenvalue weighted by molar-refractivity contribution is -0.175. The number of carbonyl (C=O) groups excluding carboxylic acids is 3. The molecule has 0 bridgehead atoms. The van der Waals surface area contributed by atoms with E-state index in [-0.39, 0.29) is 51.0 Å². The number of halogens is 5. The average molecular weight is 1040 g/mol. The minimum atomic E-state index is -4.42. The molecule has 1 saturated carbocycles. The van der Waals surface area contributed by atoms with Crippen LogP contribution < -0.4 is 20.7 Å². The first-order valence-corrected chi connectivity index (χ1v) is 23.0. The number of carboxylic acids is 2. The van der Waals surface area contributed by atoms with Crippen LogP contribution in [0.15, 0.2) is 65.7 Å². The molecule has 2 aliphatic rings. The van der Waals surface area contributed by atoms with Gasteiger partial charge in [-0.05, 0) is 66.9 Å². The van der Waals surface area contributed by atoms with Crippen LogP contribution in [-0.2, 0) is 43.0 Å². The fraction of sp³-hybridized carbons (Fsp3) is 0.410. The number of aliphatic carboxylic acids is 2. The second-order valence-electron chi connectivity index (χ2n) is 15.7. The second kappa shape index (κ2) is 22.4. The highest BCUT2D eigenvalue weighted by Gasteiger charge is 2.55. The first-order valence-electron chi connectivity index (χ1n) is 20.0. The Bertz CT molecular complexity index is 2630. The van der Waals surface area contributed by atoms with Crippen LogP contribution in [0.5, 0.6) is 0 Å². The lowest BCUT2D eigenvalue weighted by Gasteiger charge is -2.37. The first kappa shape index (κ1) is 53.7. The molecule has 1 aliphatic carbocycles. The van der Waals surface area contributed by atoms with Crippen molar-refractivity contribution in [3.8, 4) is 11.3 Å². The number of carboxylic acid groups (broad SMARTS) is 2. The number of alkyl halides is 3. The van der Waals surface area contributed by atoms with Gasteiger partial charge in [-0.3, -0.25) is 23.4 Å². The number of amides is 2. The van der Waals surface area contributed by atoms with Crippen LogP contribution in [0.2, 0.25) is 10.0 Å². The van der Waals surface area contributed by atoms with Gasteiger partial charge in [-0.25, -0.2) is 9.78 Å². The van der Waals surface area contributed by atoms with Crippen molar-refractivity contribution in [1.82, 2.24) is 30.0 Å². The van der Waals surface area contributed by atoms with Gasteiger partial charge >= 0.3 is 34.9 Å². The lowest BCUT2D eigenvalue weighted by atomic mass is 9.70. The molecule has 6 atom stereocenters. The Morgan fingerprint density at radius 1 is 1.06 bits per heavy atom. The number of carbonyl (C=O) groups is 5. The molecule has 368 valence electrons. The number of aromatic nitrogens is 3. The standard InChI is InChI=1S/C20H23BCl2N2O9.C19H20F3N5O5S2/c1-10(2)5-14(21-33-17(29)8-20(34-21,19(31)32)7-16(27)28)25-15(26)9-24-18(30)12-6-11(22)3-4-13(12)23;1-32-34(30,31)26-14-8-13(17(28)18(14)29)24-15-5-6-23-16-9-12(25-27(15)16)10-3-2-4-11(7-10)33-19(20,21)22/h3-4,6,10,14H,5,7-9H2,1-2H3,(H,24,30)(H,25,26)(H,27,28)(H,31,32);2-7,9,13-14,17-18,24,26,28-29H,8H2,1H3. The SMILES string of the molecule is CC(C)CC(NC(=O)CNC(=O)c1cc(Cl)ccc1Cl)B1OC(=O)CC(CC(=O)O)(C(=O)O)O1.COS(=O)(=O)NC1CC(Nc2ccnc3cc(-c4cccc(SC(F)(F)F)c4)nn23)C(O)C1O. The van der Waals surface area contributed by atoms with E-state index >= 15 is 0 Å². The van der Waals surface area contributed by atoms with Crippen molar-refractivity contribution in [2.24, 2.45) is 5.92 Å². The highest BCUT2D eigenvalue weighted by atomic mass is 35.5. The van der Waals surface area contributed by atoms with Crippen LogP contribution in [0.25, 0.3) is 16.9 Å². The molecule has 1 saturated heterocycles. The van der Waals surface area contributed by atoms with Crippen molar-refractivity contribution in [3.63, 3.8) is 0 Å². The van der Waals surface area contributed by atoms with Crippen LogP contribution in [0.4, 0.5) is 19.0 Å². The highest BCUT2D eigenvalue weighted by Crippen LogP contribution is 2.38. The number of hydrogen-bond acceptors (Lipinski definition) is 16. The Morgan fingerprint density at radius 3 is 2.41 bits per heavy atom. The van der Waals surface area contributed by atoms with Crippen molar-refractivity contribution in [2.45, 2.75) is 85.8 Å². The maximum atomic E-state index is 12.7. The largest absolute Gasteiger partial charge is 0.552 e. The third-order valence-corrected chi connectivity index (χ3v) is 12.4. The van der Waals surface area contributed by atoms with Gasteiger partial charge in [-0.2, -0.15) is 35.9 Å². The maximum Gasteiger partial charge on any atom is 0.552 e. The molecule has 0 spiro atoms. The Morgan fingerprint density at radius 2 is 1.76 bits per heavy atom. The van der Waals surface area contributed by atoms with E-state index in [1.54, 1.807) is 32.0 Å². The molecular weight excluding hydrogens is 993 g/mol. The summed E-state index contributed by atoms with van der Waals surface area (Å²) >= 11 is 11.6. The molecule has 29 heteroatoms. The van der Waals surface area contributed by atoms with E-state index in [9.17, 15) is 60.9 Å². The molecule has 4 aromatic rings. The minimum absolute atomic E-state index is 0.0148. The Hall–Kier alpha value is -5.26. The molecule has 0 radical (unpaired) electrons. The number of aliphatic hydroxyl groups excluding tert-OH is 2. The highest BCUT2D eigenvalue weighted by molar-refractivity contribution is 8.00. The maximum absolute atomic E-state index is 12.7. The van der Waals surface area contributed by atoms with Crippen molar-refractivity contribution >= 4 is 93.6 Å². The molecule has 2 aromatic carbocycles. The quantitative estimate of drug-likeness (QED) is 0.0556. The third kappa shape index (κ3) is 14.4. The topological polar surface area (TPSA) is 306 Å². The molecule has 68 heavy (non-hydrogen) atoms. The number of benzene rings is 2. The van der Waals surface area contributed by atoms with Crippen molar-refractivity contribution in [2.75, 3.05) is 19.0 Å². The summed E-state index contributed by atoms with van der Waals surface area (Å²) in [5.74, 6) is -6.16. The van der Waals surface area contributed by atoms with Gasteiger partial charge in [0.25, 0.3) is 11.9 Å². The van der Waals surface area contributed by atoms with Crippen LogP contribution >= 0.6 is 35.0 Å². The third-order valence-electron chi connectivity index (χ3n) is 10.1. The molecule has 2 fully saturated rings. The zero-order valence-corrected chi connectivity index (χ0v) is 38.9. The summed E-state index contributed by atoms with van der Waals surface area (Å²) in [4.78, 5) is 64.2. The summed E-state index contributed by atoms with van der Waals surface area (Å²) in [6.45, 7) is 3.11. The molecule has 6 rings (SSSR count). The second-order valence-corrected chi connectivity index (χ2v) is 19.1. The zero-order valence-electron chi connectivity index (χ0n) is 35.8. The smallest absolute Gasteiger partial charge is 0.508 e. The fourth-order valence-electron chi connectivity index (χ4n) is 7.05. The molecule has 2 aromatic heterocycles. The molecular formula is C39H43BCl2F3N7O14S2. The average Bonchev–Trinajstić information content (AvgIpc) is 3.80. The normalized spacial score (nSPS) is 21.1. The van der Waals surface area contributed by atoms with Gasteiger partial charge in [0.15, 0.2) is 11.2 Å². The van der Waals surface area contributed by atoms with E-state index in [1.165, 1.54) is 47.1 Å².